The first kappa shape index (κ1) is 42.9. The summed E-state index contributed by atoms with van der Waals surface area (Å²) in [7, 11) is 0. The summed E-state index contributed by atoms with van der Waals surface area (Å²) in [6, 6.07) is 16.5. The van der Waals surface area contributed by atoms with Crippen LogP contribution in [0.4, 0.5) is 0 Å². The Labute approximate surface area is 328 Å². The summed E-state index contributed by atoms with van der Waals surface area (Å²) in [5.74, 6) is -3.26. The molecule has 17 heteroatoms. The van der Waals surface area contributed by atoms with Crippen LogP contribution in [0.5, 0.6) is 0 Å². The summed E-state index contributed by atoms with van der Waals surface area (Å²) in [5.41, 5.74) is 28.9. The Bertz CT molecular complexity index is 1810. The van der Waals surface area contributed by atoms with Gasteiger partial charge in [-0.3, -0.25) is 34.0 Å². The molecule has 14 N–H and O–H groups in total. The molecule has 290 valence electrons. The Hall–Kier alpha value is -5.46. The van der Waals surface area contributed by atoms with E-state index in [4.69, 9.17) is 28.7 Å². The zero-order chi connectivity index (χ0) is 39.6. The molecule has 5 amide bonds. The van der Waals surface area contributed by atoms with Crippen molar-refractivity contribution in [2.45, 2.75) is 76.0 Å². The Kier molecular flexibility index (Phi) is 17.4. The van der Waals surface area contributed by atoms with Crippen molar-refractivity contribution < 1.29 is 24.0 Å². The number of nitrogens with zero attached hydrogens (tertiary/aromatic N) is 2. The van der Waals surface area contributed by atoms with E-state index in [1.807, 2.05) is 66.7 Å². The lowest BCUT2D eigenvalue weighted by molar-refractivity contribution is -0.134. The third-order valence-electron chi connectivity index (χ3n) is 8.37. The predicted octanol–water partition coefficient (Wildman–Crippen LogP) is 0.171. The first-order valence-corrected chi connectivity index (χ1v) is 18.6. The fourth-order valence-corrected chi connectivity index (χ4v) is 6.02. The van der Waals surface area contributed by atoms with Crippen LogP contribution in [-0.4, -0.2) is 78.7 Å². The molecule has 4 atom stereocenters. The Morgan fingerprint density at radius 1 is 0.593 bits per heavy atom. The van der Waals surface area contributed by atoms with Crippen molar-refractivity contribution in [2.75, 3.05) is 13.1 Å². The van der Waals surface area contributed by atoms with Gasteiger partial charge in [0.25, 0.3) is 0 Å². The molecule has 0 aliphatic heterocycles. The number of fused-ring (bicyclic) bond motifs is 1. The predicted molar refractivity (Wildman–Crippen MR) is 218 cm³/mol. The van der Waals surface area contributed by atoms with Crippen LogP contribution in [0.2, 0.25) is 0 Å². The van der Waals surface area contributed by atoms with Crippen LogP contribution in [0.1, 0.15) is 50.2 Å². The molecule has 0 radical (unpaired) electrons. The number of carbonyl (C=O) groups is 5. The van der Waals surface area contributed by atoms with Gasteiger partial charge in [0.2, 0.25) is 29.5 Å². The van der Waals surface area contributed by atoms with Crippen LogP contribution in [0.15, 0.2) is 76.7 Å². The van der Waals surface area contributed by atoms with Crippen LogP contribution in [0.3, 0.4) is 0 Å². The maximum Gasteiger partial charge on any atom is 0.243 e. The lowest BCUT2D eigenvalue weighted by atomic mass is 9.99. The van der Waals surface area contributed by atoms with Gasteiger partial charge in [0.1, 0.15) is 24.2 Å². The van der Waals surface area contributed by atoms with Gasteiger partial charge < -0.3 is 49.9 Å². The van der Waals surface area contributed by atoms with Crippen molar-refractivity contribution in [1.82, 2.24) is 21.3 Å². The van der Waals surface area contributed by atoms with Gasteiger partial charge in [-0.15, -0.1) is 0 Å². The minimum Gasteiger partial charge on any atom is -0.370 e. The standard InChI is InChI=1S/C37H50IN11O5/c1-22(50)46-30(20-23-12-15-27(38)16-13-23)34(53)48-29(9-4-5-17-44-36(40)41)33(52)49-31(21-24-11-14-25-7-2-3-8-26(25)19-24)35(54)47-28(32(39)51)10-6-18-45-37(42)43/h2-3,7-8,11-16,19,28-31H,4-6,9-10,17-18,20-21H2,1H3,(H2,39,51)(H,46,50)(H,47,54)(H,48,53)(H,49,52)(H4,40,41,44)(H4,42,43,45)/t28-,29-,30+,31-/m0/s1. The molecule has 0 saturated carbocycles. The number of amides is 5. The zero-order valence-corrected chi connectivity index (χ0v) is 32.4. The van der Waals surface area contributed by atoms with Crippen molar-refractivity contribution in [3.63, 3.8) is 0 Å². The van der Waals surface area contributed by atoms with E-state index in [9.17, 15) is 24.0 Å². The summed E-state index contributed by atoms with van der Waals surface area (Å²) in [5, 5.41) is 12.9. The fraction of sp³-hybridized carbons (Fsp3) is 0.378. The van der Waals surface area contributed by atoms with Crippen LogP contribution in [0, 0.1) is 3.57 Å². The molecule has 3 rings (SSSR count). The van der Waals surface area contributed by atoms with E-state index in [1.54, 1.807) is 0 Å². The first-order chi connectivity index (χ1) is 25.7. The van der Waals surface area contributed by atoms with Gasteiger partial charge >= 0.3 is 0 Å². The summed E-state index contributed by atoms with van der Waals surface area (Å²) < 4.78 is 1.00. The highest BCUT2D eigenvalue weighted by Gasteiger charge is 2.31. The van der Waals surface area contributed by atoms with Gasteiger partial charge in [-0.25, -0.2) is 0 Å². The summed E-state index contributed by atoms with van der Waals surface area (Å²) in [6.45, 7) is 1.82. The average molecular weight is 856 g/mol. The number of nitrogens with two attached hydrogens (primary N) is 5. The maximum atomic E-state index is 14.1. The van der Waals surface area contributed by atoms with E-state index in [1.165, 1.54) is 6.92 Å². The second-order valence-corrected chi connectivity index (χ2v) is 14.1. The topological polar surface area (TPSA) is 288 Å². The quantitative estimate of drug-likeness (QED) is 0.0305. The molecular formula is C37H50IN11O5. The van der Waals surface area contributed by atoms with E-state index in [-0.39, 0.29) is 44.1 Å². The van der Waals surface area contributed by atoms with E-state index in [0.717, 1.165) is 25.5 Å². The monoisotopic (exact) mass is 855 g/mol. The van der Waals surface area contributed by atoms with E-state index in [2.05, 4.69) is 53.8 Å². The molecule has 0 aliphatic carbocycles. The normalized spacial score (nSPS) is 13.0. The second kappa shape index (κ2) is 21.9. The number of unbranched alkanes of at least 4 members (excludes halogenated alkanes) is 1. The number of benzene rings is 3. The Morgan fingerprint density at radius 3 is 1.70 bits per heavy atom. The minimum absolute atomic E-state index is 0.0500. The molecule has 0 aromatic heterocycles. The molecule has 16 nitrogen and oxygen atoms in total. The molecule has 54 heavy (non-hydrogen) atoms. The third kappa shape index (κ3) is 15.3. The number of guanidine groups is 2. The summed E-state index contributed by atoms with van der Waals surface area (Å²) >= 11 is 2.17. The minimum atomic E-state index is -1.18. The molecular weight excluding hydrogens is 805 g/mol. The van der Waals surface area contributed by atoms with Crippen LogP contribution < -0.4 is 49.9 Å². The van der Waals surface area contributed by atoms with Gasteiger partial charge in [-0.05, 0) is 88.7 Å². The second-order valence-electron chi connectivity index (χ2n) is 12.8. The van der Waals surface area contributed by atoms with Crippen molar-refractivity contribution in [3.8, 4) is 0 Å². The number of halogens is 1. The molecule has 0 unspecified atom stereocenters. The number of hydrogen-bond acceptors (Lipinski definition) is 7. The van der Waals surface area contributed by atoms with Gasteiger partial charge in [0.15, 0.2) is 11.9 Å². The zero-order valence-electron chi connectivity index (χ0n) is 30.2. The molecule has 0 spiro atoms. The maximum absolute atomic E-state index is 14.1. The number of rotatable bonds is 21. The SMILES string of the molecule is CC(=O)N[C@H](Cc1ccc(I)cc1)C(=O)N[C@@H](CCCCN=C(N)N)C(=O)N[C@@H](Cc1ccc2ccccc2c1)C(=O)N[C@@H](CCCN=C(N)N)C(N)=O. The highest BCUT2D eigenvalue weighted by atomic mass is 127. The number of nitrogens with one attached hydrogen (secondary N) is 4. The van der Waals surface area contributed by atoms with Crippen LogP contribution in [-0.2, 0) is 36.8 Å². The number of primary amides is 1. The van der Waals surface area contributed by atoms with Gasteiger partial charge in [-0.1, -0.05) is 54.6 Å². The molecule has 0 aliphatic rings. The van der Waals surface area contributed by atoms with Gasteiger partial charge in [-0.2, -0.15) is 0 Å². The van der Waals surface area contributed by atoms with Gasteiger partial charge in [0, 0.05) is 36.4 Å². The van der Waals surface area contributed by atoms with E-state index < -0.39 is 53.7 Å². The highest BCUT2D eigenvalue weighted by molar-refractivity contribution is 14.1. The Balaban J connectivity index is 1.90. The third-order valence-corrected chi connectivity index (χ3v) is 9.09. The summed E-state index contributed by atoms with van der Waals surface area (Å²) in [4.78, 5) is 74.2. The molecule has 0 fully saturated rings. The molecule has 3 aromatic carbocycles. The van der Waals surface area contributed by atoms with Crippen molar-refractivity contribution >= 4 is 74.8 Å². The lowest BCUT2D eigenvalue weighted by Gasteiger charge is -2.26. The summed E-state index contributed by atoms with van der Waals surface area (Å²) in [6.07, 6.45) is 1.80. The van der Waals surface area contributed by atoms with Crippen LogP contribution >= 0.6 is 22.6 Å². The molecule has 0 saturated heterocycles. The molecule has 0 heterocycles. The Morgan fingerprint density at radius 2 is 1.09 bits per heavy atom. The highest BCUT2D eigenvalue weighted by Crippen LogP contribution is 2.17. The van der Waals surface area contributed by atoms with E-state index in [0.29, 0.717) is 25.8 Å². The first-order valence-electron chi connectivity index (χ1n) is 17.5. The number of hydrogen-bond donors (Lipinski definition) is 9. The average Bonchev–Trinajstić information content (AvgIpc) is 3.11. The van der Waals surface area contributed by atoms with Crippen molar-refractivity contribution in [2.24, 2.45) is 38.7 Å². The molecule has 0 bridgehead atoms. The number of carbonyl (C=O) groups excluding carboxylic acids is 5. The van der Waals surface area contributed by atoms with Gasteiger partial charge in [0.05, 0.1) is 0 Å². The van der Waals surface area contributed by atoms with E-state index >= 15 is 0 Å². The fourth-order valence-electron chi connectivity index (χ4n) is 5.66. The van der Waals surface area contributed by atoms with Crippen LogP contribution in [0.25, 0.3) is 10.8 Å². The van der Waals surface area contributed by atoms with Crippen molar-refractivity contribution in [1.29, 1.82) is 0 Å². The smallest absolute Gasteiger partial charge is 0.243 e. The lowest BCUT2D eigenvalue weighted by Crippen LogP contribution is -2.58. The molecule has 3 aromatic rings. The van der Waals surface area contributed by atoms with Crippen molar-refractivity contribution in [3.05, 3.63) is 81.4 Å². The number of aliphatic imine (C=N–C) groups is 2. The largest absolute Gasteiger partial charge is 0.370 e.